The maximum Gasteiger partial charge on any atom is 0.0661 e. The minimum Gasteiger partial charge on any atom is -0.336 e. The van der Waals surface area contributed by atoms with E-state index in [9.17, 15) is 0 Å². The van der Waals surface area contributed by atoms with Crippen molar-refractivity contribution >= 4 is 11.8 Å². The average molecular weight is 234 g/mol. The van der Waals surface area contributed by atoms with Gasteiger partial charge in [-0.15, -0.1) is 6.58 Å². The largest absolute Gasteiger partial charge is 0.336 e. The van der Waals surface area contributed by atoms with Crippen LogP contribution in [0.1, 0.15) is 5.56 Å². The molecule has 0 bridgehead atoms. The molecule has 0 aliphatic rings. The lowest BCUT2D eigenvalue weighted by Crippen LogP contribution is -2.15. The van der Waals surface area contributed by atoms with Crippen LogP contribution in [-0.2, 0) is 0 Å². The van der Waals surface area contributed by atoms with Crippen LogP contribution in [0.5, 0.6) is 0 Å². The van der Waals surface area contributed by atoms with Gasteiger partial charge in [0.05, 0.1) is 6.20 Å². The van der Waals surface area contributed by atoms with Crippen LogP contribution in [0.25, 0.3) is 6.08 Å². The van der Waals surface area contributed by atoms with Gasteiger partial charge in [-0.1, -0.05) is 54.6 Å². The monoisotopic (exact) mass is 234 g/mol. The highest BCUT2D eigenvalue weighted by Gasteiger charge is 1.99. The van der Waals surface area contributed by atoms with Crippen molar-refractivity contribution in [3.05, 3.63) is 85.1 Å². The number of nitrogens with zero attached hydrogens (tertiary/aromatic N) is 1. The molecule has 2 aromatic rings. The fraction of sp³-hybridized carbons (Fsp3) is 0.0588. The molecule has 0 unspecified atom stereocenters. The summed E-state index contributed by atoms with van der Waals surface area (Å²) >= 11 is 0. The van der Waals surface area contributed by atoms with Crippen LogP contribution >= 0.6 is 0 Å². The van der Waals surface area contributed by atoms with E-state index in [2.05, 4.69) is 37.0 Å². The normalized spacial score (nSPS) is 10.4. The maximum atomic E-state index is 3.79. The van der Waals surface area contributed by atoms with Crippen molar-refractivity contribution in [3.8, 4) is 0 Å². The van der Waals surface area contributed by atoms with Gasteiger partial charge in [-0.25, -0.2) is 0 Å². The summed E-state index contributed by atoms with van der Waals surface area (Å²) in [5.41, 5.74) is 2.26. The zero-order valence-corrected chi connectivity index (χ0v) is 10.3. The zero-order chi connectivity index (χ0) is 12.6. The molecule has 0 amide bonds. The average Bonchev–Trinajstić information content (AvgIpc) is 2.45. The van der Waals surface area contributed by atoms with Crippen LogP contribution in [0.3, 0.4) is 0 Å². The van der Waals surface area contributed by atoms with Crippen molar-refractivity contribution in [1.29, 1.82) is 0 Å². The Morgan fingerprint density at radius 1 is 0.944 bits per heavy atom. The first-order chi connectivity index (χ1) is 8.90. The second kappa shape index (κ2) is 6.45. The molecule has 0 fully saturated rings. The van der Waals surface area contributed by atoms with E-state index in [-0.39, 0.29) is 0 Å². The van der Waals surface area contributed by atoms with E-state index in [1.54, 1.807) is 0 Å². The molecular weight excluding hydrogens is 218 g/mol. The van der Waals surface area contributed by atoms with Gasteiger partial charge in [-0.05, 0) is 23.8 Å². The van der Waals surface area contributed by atoms with Crippen LogP contribution in [0.4, 0.5) is 5.69 Å². The number of rotatable bonds is 5. The minimum absolute atomic E-state index is 0.743. The first kappa shape index (κ1) is 12.2. The van der Waals surface area contributed by atoms with Crippen molar-refractivity contribution < 1.29 is 0 Å². The van der Waals surface area contributed by atoms with Gasteiger partial charge in [0, 0.05) is 12.2 Å². The lowest BCUT2D eigenvalue weighted by Gasteiger charge is -2.17. The van der Waals surface area contributed by atoms with Gasteiger partial charge in [0.25, 0.3) is 0 Å². The van der Waals surface area contributed by atoms with E-state index in [0.29, 0.717) is 0 Å². The second-order valence-electron chi connectivity index (χ2n) is 3.92. The van der Waals surface area contributed by atoms with Crippen molar-refractivity contribution in [2.75, 3.05) is 11.4 Å². The smallest absolute Gasteiger partial charge is 0.0661 e. The summed E-state index contributed by atoms with van der Waals surface area (Å²) in [7, 11) is 0. The lowest BCUT2D eigenvalue weighted by molar-refractivity contribution is 1.07. The van der Waals surface area contributed by atoms with Gasteiger partial charge in [0.2, 0.25) is 0 Å². The number of para-hydroxylation sites is 1. The Hall–Kier alpha value is -2.28. The third-order valence-corrected chi connectivity index (χ3v) is 2.57. The standard InChI is InChI=1S/C17H16N/c1-2-14-18(17-11-7-4-8-12-17)15-13-16-9-5-3-6-10-16/h2-13H,1,14H2. The molecule has 0 N–H and O–H groups in total. The Balaban J connectivity index is 2.17. The number of benzene rings is 2. The third-order valence-electron chi connectivity index (χ3n) is 2.57. The molecule has 0 saturated carbocycles. The molecule has 0 atom stereocenters. The molecule has 18 heavy (non-hydrogen) atoms. The topological polar surface area (TPSA) is 3.24 Å². The van der Waals surface area contributed by atoms with Crippen molar-refractivity contribution in [3.63, 3.8) is 0 Å². The summed E-state index contributed by atoms with van der Waals surface area (Å²) in [5.74, 6) is 0. The summed E-state index contributed by atoms with van der Waals surface area (Å²) in [6, 6.07) is 20.4. The molecule has 0 aliphatic carbocycles. The van der Waals surface area contributed by atoms with Gasteiger partial charge in [-0.2, -0.15) is 0 Å². The highest BCUT2D eigenvalue weighted by molar-refractivity contribution is 5.54. The number of anilines is 1. The summed E-state index contributed by atoms with van der Waals surface area (Å²) in [6.07, 6.45) is 7.15. The van der Waals surface area contributed by atoms with E-state index in [4.69, 9.17) is 0 Å². The molecule has 0 heterocycles. The Bertz CT molecular complexity index is 500. The van der Waals surface area contributed by atoms with Gasteiger partial charge < -0.3 is 4.90 Å². The minimum atomic E-state index is 0.743. The second-order valence-corrected chi connectivity index (χ2v) is 3.92. The van der Waals surface area contributed by atoms with Gasteiger partial charge in [-0.3, -0.25) is 0 Å². The van der Waals surface area contributed by atoms with Gasteiger partial charge in [0.15, 0.2) is 0 Å². The van der Waals surface area contributed by atoms with Crippen molar-refractivity contribution in [1.82, 2.24) is 0 Å². The van der Waals surface area contributed by atoms with Crippen LogP contribution in [0.15, 0.2) is 73.3 Å². The molecule has 89 valence electrons. The summed E-state index contributed by atoms with van der Waals surface area (Å²) in [4.78, 5) is 2.04. The highest BCUT2D eigenvalue weighted by atomic mass is 15.1. The van der Waals surface area contributed by atoms with Crippen LogP contribution < -0.4 is 4.90 Å². The fourth-order valence-corrected chi connectivity index (χ4v) is 1.67. The quantitative estimate of drug-likeness (QED) is 0.555. The Morgan fingerprint density at radius 2 is 1.56 bits per heavy atom. The van der Waals surface area contributed by atoms with Gasteiger partial charge in [0.1, 0.15) is 0 Å². The van der Waals surface area contributed by atoms with E-state index in [1.807, 2.05) is 53.5 Å². The third kappa shape index (κ3) is 3.36. The lowest BCUT2D eigenvalue weighted by atomic mass is 10.2. The SMILES string of the molecule is C=CCN([C]=Cc1ccccc1)c1ccccc1. The Kier molecular flexibility index (Phi) is 4.37. The van der Waals surface area contributed by atoms with Crippen molar-refractivity contribution in [2.24, 2.45) is 0 Å². The molecule has 1 radical (unpaired) electrons. The molecule has 2 rings (SSSR count). The molecule has 0 aliphatic heterocycles. The fourth-order valence-electron chi connectivity index (χ4n) is 1.67. The summed E-state index contributed by atoms with van der Waals surface area (Å²) < 4.78 is 0. The molecular formula is C17H16N. The molecule has 1 nitrogen and oxygen atoms in total. The molecule has 1 heteroatoms. The predicted octanol–water partition coefficient (Wildman–Crippen LogP) is 4.15. The Morgan fingerprint density at radius 3 is 2.17 bits per heavy atom. The van der Waals surface area contributed by atoms with E-state index in [0.717, 1.165) is 17.8 Å². The first-order valence-electron chi connectivity index (χ1n) is 5.98. The summed E-state index contributed by atoms with van der Waals surface area (Å²) in [5, 5.41) is 0. The predicted molar refractivity (Wildman–Crippen MR) is 78.1 cm³/mol. The molecule has 0 aromatic heterocycles. The highest BCUT2D eigenvalue weighted by Crippen LogP contribution is 2.14. The van der Waals surface area contributed by atoms with Crippen LogP contribution in [-0.4, -0.2) is 6.54 Å². The maximum absolute atomic E-state index is 3.79. The van der Waals surface area contributed by atoms with E-state index >= 15 is 0 Å². The van der Waals surface area contributed by atoms with Crippen LogP contribution in [0, 0.1) is 6.20 Å². The molecule has 0 spiro atoms. The molecule has 2 aromatic carbocycles. The molecule has 0 saturated heterocycles. The van der Waals surface area contributed by atoms with E-state index < -0.39 is 0 Å². The van der Waals surface area contributed by atoms with E-state index in [1.165, 1.54) is 0 Å². The Labute approximate surface area is 109 Å². The van der Waals surface area contributed by atoms with Crippen LogP contribution in [0.2, 0.25) is 0 Å². The number of hydrogen-bond acceptors (Lipinski definition) is 1. The zero-order valence-electron chi connectivity index (χ0n) is 10.3. The van der Waals surface area contributed by atoms with Gasteiger partial charge >= 0.3 is 0 Å². The first-order valence-corrected chi connectivity index (χ1v) is 5.98. The van der Waals surface area contributed by atoms with Crippen molar-refractivity contribution in [2.45, 2.75) is 0 Å². The number of hydrogen-bond donors (Lipinski definition) is 0. The summed E-state index contributed by atoms with van der Waals surface area (Å²) in [6.45, 7) is 4.53.